The largest absolute Gasteiger partial charge is 0.477 e. The van der Waals surface area contributed by atoms with Crippen LogP contribution in [0.3, 0.4) is 0 Å². The van der Waals surface area contributed by atoms with Crippen molar-refractivity contribution in [2.24, 2.45) is 0 Å². The molecule has 1 aromatic carbocycles. The lowest BCUT2D eigenvalue weighted by molar-refractivity contribution is -0.151. The van der Waals surface area contributed by atoms with Gasteiger partial charge in [0.2, 0.25) is 0 Å². The van der Waals surface area contributed by atoms with Crippen molar-refractivity contribution in [2.75, 3.05) is 12.0 Å². The summed E-state index contributed by atoms with van der Waals surface area (Å²) in [6.07, 6.45) is 0.381. The Labute approximate surface area is 152 Å². The molecule has 0 bridgehead atoms. The summed E-state index contributed by atoms with van der Waals surface area (Å²) < 4.78 is 0. The summed E-state index contributed by atoms with van der Waals surface area (Å²) >= 11 is 2.69. The number of carboxylic acids is 1. The number of β-lactam (4-membered cyclic amide) rings is 1. The summed E-state index contributed by atoms with van der Waals surface area (Å²) in [5.41, 5.74) is 0.408. The number of hydrogen-bond acceptors (Lipinski definition) is 6. The molecule has 25 heavy (non-hydrogen) atoms. The van der Waals surface area contributed by atoms with Gasteiger partial charge in [0.05, 0.1) is 0 Å². The van der Waals surface area contributed by atoms with E-state index in [2.05, 4.69) is 5.32 Å². The molecular formula is C16H16N2O5S2. The number of aliphatic hydroxyl groups is 1. The number of aliphatic hydroxyl groups excluding tert-OH is 1. The zero-order valence-corrected chi connectivity index (χ0v) is 14.8. The Morgan fingerprint density at radius 2 is 2.04 bits per heavy atom. The molecule has 2 aliphatic rings. The Balaban J connectivity index is 1.73. The minimum Gasteiger partial charge on any atom is -0.477 e. The molecule has 2 amide bonds. The van der Waals surface area contributed by atoms with Gasteiger partial charge in [0.15, 0.2) is 6.10 Å². The Morgan fingerprint density at radius 1 is 1.36 bits per heavy atom. The second-order valence-electron chi connectivity index (χ2n) is 5.49. The number of nitrogens with one attached hydrogen (secondary N) is 1. The maximum atomic E-state index is 12.4. The quantitative estimate of drug-likeness (QED) is 0.648. The van der Waals surface area contributed by atoms with Crippen molar-refractivity contribution < 1.29 is 24.6 Å². The van der Waals surface area contributed by atoms with Crippen LogP contribution in [0.4, 0.5) is 0 Å². The molecule has 7 nitrogen and oxygen atoms in total. The second-order valence-corrected chi connectivity index (χ2v) is 7.50. The highest BCUT2D eigenvalue weighted by atomic mass is 32.2. The Hall–Kier alpha value is -1.97. The highest BCUT2D eigenvalue weighted by Gasteiger charge is 2.54. The number of hydrogen-bond donors (Lipinski definition) is 3. The van der Waals surface area contributed by atoms with Gasteiger partial charge in [0.25, 0.3) is 11.8 Å². The highest BCUT2D eigenvalue weighted by molar-refractivity contribution is 8.05. The van der Waals surface area contributed by atoms with Crippen LogP contribution in [0.5, 0.6) is 0 Å². The fraction of sp³-hybridized carbons (Fsp3) is 0.312. The van der Waals surface area contributed by atoms with Gasteiger partial charge in [-0.1, -0.05) is 30.3 Å². The molecule has 9 heteroatoms. The Kier molecular flexibility index (Phi) is 5.07. The van der Waals surface area contributed by atoms with E-state index in [9.17, 15) is 24.6 Å². The maximum absolute atomic E-state index is 12.4. The van der Waals surface area contributed by atoms with Crippen LogP contribution in [0.15, 0.2) is 40.9 Å². The normalized spacial score (nSPS) is 23.6. The van der Waals surface area contributed by atoms with Crippen LogP contribution >= 0.6 is 23.5 Å². The number of nitrogens with zero attached hydrogens (tertiary/aromatic N) is 1. The number of carbonyl (C=O) groups is 3. The number of carbonyl (C=O) groups excluding carboxylic acids is 2. The van der Waals surface area contributed by atoms with E-state index < -0.39 is 35.3 Å². The smallest absolute Gasteiger partial charge is 0.353 e. The SMILES string of the molecule is CSC1=C(C(=O)O)N2C(=O)[C@@H](NC(=O)C(O)c3ccccc3)[C@H]2SC1. The van der Waals surface area contributed by atoms with E-state index >= 15 is 0 Å². The minimum atomic E-state index is -1.38. The maximum Gasteiger partial charge on any atom is 0.353 e. The van der Waals surface area contributed by atoms with E-state index in [1.54, 1.807) is 36.6 Å². The Morgan fingerprint density at radius 3 is 2.64 bits per heavy atom. The molecule has 3 N–H and O–H groups in total. The molecule has 3 atom stereocenters. The van der Waals surface area contributed by atoms with E-state index in [1.165, 1.54) is 28.4 Å². The van der Waals surface area contributed by atoms with Gasteiger partial charge in [-0.2, -0.15) is 0 Å². The van der Waals surface area contributed by atoms with Crippen LogP contribution < -0.4 is 5.32 Å². The Bertz CT molecular complexity index is 752. The van der Waals surface area contributed by atoms with Crippen LogP contribution in [0.25, 0.3) is 0 Å². The van der Waals surface area contributed by atoms with Crippen LogP contribution in [0, 0.1) is 0 Å². The number of amides is 2. The van der Waals surface area contributed by atoms with Gasteiger partial charge in [-0.05, 0) is 11.8 Å². The van der Waals surface area contributed by atoms with Crippen LogP contribution in [0.2, 0.25) is 0 Å². The van der Waals surface area contributed by atoms with Gasteiger partial charge < -0.3 is 15.5 Å². The lowest BCUT2D eigenvalue weighted by atomic mass is 10.0. The molecule has 1 unspecified atom stereocenters. The first-order valence-corrected chi connectivity index (χ1v) is 9.71. The summed E-state index contributed by atoms with van der Waals surface area (Å²) in [6, 6.07) is 7.56. The third-order valence-electron chi connectivity index (χ3n) is 4.04. The number of thioether (sulfide) groups is 2. The number of aliphatic carboxylic acids is 1. The van der Waals surface area contributed by atoms with E-state index in [-0.39, 0.29) is 5.70 Å². The summed E-state index contributed by atoms with van der Waals surface area (Å²) in [5.74, 6) is -1.85. The molecule has 2 heterocycles. The van der Waals surface area contributed by atoms with E-state index in [4.69, 9.17) is 0 Å². The number of benzene rings is 1. The zero-order chi connectivity index (χ0) is 18.1. The molecular weight excluding hydrogens is 364 g/mol. The average molecular weight is 380 g/mol. The van der Waals surface area contributed by atoms with Crippen molar-refractivity contribution in [1.29, 1.82) is 0 Å². The summed E-state index contributed by atoms with van der Waals surface area (Å²) in [4.78, 5) is 37.9. The van der Waals surface area contributed by atoms with Crippen molar-refractivity contribution >= 4 is 41.3 Å². The molecule has 1 saturated heterocycles. The fourth-order valence-corrected chi connectivity index (χ4v) is 5.01. The van der Waals surface area contributed by atoms with Crippen LogP contribution in [-0.2, 0) is 14.4 Å². The first kappa shape index (κ1) is 17.8. The van der Waals surface area contributed by atoms with Crippen molar-refractivity contribution in [3.05, 3.63) is 46.5 Å². The molecule has 0 radical (unpaired) electrons. The summed E-state index contributed by atoms with van der Waals surface area (Å²) in [5, 5.41) is 21.6. The molecule has 132 valence electrons. The van der Waals surface area contributed by atoms with Gasteiger partial charge in [-0.15, -0.1) is 23.5 Å². The predicted octanol–water partition coefficient (Wildman–Crippen LogP) is 0.779. The van der Waals surface area contributed by atoms with Gasteiger partial charge >= 0.3 is 5.97 Å². The number of carboxylic acid groups (broad SMARTS) is 1. The van der Waals surface area contributed by atoms with Gasteiger partial charge in [-0.3, -0.25) is 14.5 Å². The van der Waals surface area contributed by atoms with E-state index in [0.717, 1.165) is 0 Å². The fourth-order valence-electron chi connectivity index (χ4n) is 2.77. The lowest BCUT2D eigenvalue weighted by Gasteiger charge is -2.49. The van der Waals surface area contributed by atoms with Crippen molar-refractivity contribution in [2.45, 2.75) is 17.5 Å². The van der Waals surface area contributed by atoms with E-state index in [0.29, 0.717) is 16.2 Å². The molecule has 0 aliphatic carbocycles. The highest BCUT2D eigenvalue weighted by Crippen LogP contribution is 2.42. The predicted molar refractivity (Wildman–Crippen MR) is 94.6 cm³/mol. The molecule has 0 aromatic heterocycles. The van der Waals surface area contributed by atoms with Crippen LogP contribution in [0.1, 0.15) is 11.7 Å². The topological polar surface area (TPSA) is 107 Å². The van der Waals surface area contributed by atoms with Crippen molar-refractivity contribution in [3.63, 3.8) is 0 Å². The molecule has 1 fully saturated rings. The summed E-state index contributed by atoms with van der Waals surface area (Å²) in [7, 11) is 0. The number of rotatable bonds is 5. The third kappa shape index (κ3) is 3.14. The average Bonchev–Trinajstić information content (AvgIpc) is 2.64. The number of fused-ring (bicyclic) bond motifs is 1. The molecule has 0 saturated carbocycles. The van der Waals surface area contributed by atoms with Crippen LogP contribution in [-0.4, -0.2) is 56.3 Å². The molecule has 3 rings (SSSR count). The first-order chi connectivity index (χ1) is 12.0. The second kappa shape index (κ2) is 7.11. The van der Waals surface area contributed by atoms with Gasteiger partial charge in [0.1, 0.15) is 17.1 Å². The molecule has 1 aromatic rings. The summed E-state index contributed by atoms with van der Waals surface area (Å²) in [6.45, 7) is 0. The standard InChI is InChI=1S/C16H16N2O5S2/c1-24-9-7-25-15-10(14(21)18(15)11(9)16(22)23)17-13(20)12(19)8-5-3-2-4-6-8/h2-6,10,12,15,19H,7H2,1H3,(H,17,20)(H,22,23)/t10-,12?,15-/m1/s1. The van der Waals surface area contributed by atoms with Crippen molar-refractivity contribution in [3.8, 4) is 0 Å². The van der Waals surface area contributed by atoms with E-state index in [1.807, 2.05) is 0 Å². The van der Waals surface area contributed by atoms with Crippen molar-refractivity contribution in [1.82, 2.24) is 10.2 Å². The molecule has 2 aliphatic heterocycles. The zero-order valence-electron chi connectivity index (χ0n) is 13.2. The van der Waals surface area contributed by atoms with Gasteiger partial charge in [-0.25, -0.2) is 4.79 Å². The molecule has 0 spiro atoms. The third-order valence-corrected chi connectivity index (χ3v) is 6.34. The lowest BCUT2D eigenvalue weighted by Crippen LogP contribution is -2.70. The minimum absolute atomic E-state index is 0.0182. The first-order valence-electron chi connectivity index (χ1n) is 7.44. The monoisotopic (exact) mass is 380 g/mol. The van der Waals surface area contributed by atoms with Gasteiger partial charge in [0, 0.05) is 10.7 Å².